The molecule has 1 aliphatic carbocycles. The number of H-pyrrole nitrogens is 1. The normalized spacial score (nSPS) is 17.4. The van der Waals surface area contributed by atoms with Crippen molar-refractivity contribution in [3.63, 3.8) is 0 Å². The van der Waals surface area contributed by atoms with Gasteiger partial charge < -0.3 is 0 Å². The summed E-state index contributed by atoms with van der Waals surface area (Å²) in [4.78, 5) is 4.92. The highest BCUT2D eigenvalue weighted by atomic mass is 35.5. The fourth-order valence-electron chi connectivity index (χ4n) is 2.95. The highest BCUT2D eigenvalue weighted by Gasteiger charge is 2.21. The van der Waals surface area contributed by atoms with Crippen LogP contribution < -0.4 is 4.72 Å². The molecule has 0 spiro atoms. The minimum absolute atomic E-state index is 0.259. The molecule has 1 aliphatic rings. The Kier molecular flexibility index (Phi) is 3.97. The Morgan fingerprint density at radius 1 is 1.35 bits per heavy atom. The summed E-state index contributed by atoms with van der Waals surface area (Å²) in [5, 5.41) is 8.61. The first-order valence-corrected chi connectivity index (χ1v) is 8.57. The van der Waals surface area contributed by atoms with Crippen LogP contribution in [0.3, 0.4) is 0 Å². The van der Waals surface area contributed by atoms with E-state index in [-0.39, 0.29) is 11.9 Å². The van der Waals surface area contributed by atoms with Crippen LogP contribution in [-0.4, -0.2) is 21.2 Å². The maximum Gasteiger partial charge on any atom is 0.155 e. The van der Waals surface area contributed by atoms with Crippen molar-refractivity contribution in [1.82, 2.24) is 19.9 Å². The Balaban J connectivity index is 1.49. The molecule has 2 N–H and O–H groups in total. The van der Waals surface area contributed by atoms with Gasteiger partial charge in [0.2, 0.25) is 0 Å². The molecule has 1 atom stereocenters. The predicted molar refractivity (Wildman–Crippen MR) is 90.1 cm³/mol. The average molecular weight is 349 g/mol. The first-order chi connectivity index (χ1) is 11.2. The number of rotatable bonds is 3. The number of aromatic amines is 1. The third kappa shape index (κ3) is 2.94. The topological polar surface area (TPSA) is 53.6 Å². The number of fused-ring (bicyclic) bond motifs is 3. The summed E-state index contributed by atoms with van der Waals surface area (Å²) in [6.45, 7) is 0. The number of hydrogen-bond acceptors (Lipinski definition) is 4. The van der Waals surface area contributed by atoms with Crippen LogP contribution in [0.4, 0.5) is 4.39 Å². The van der Waals surface area contributed by atoms with Crippen molar-refractivity contribution < 1.29 is 4.39 Å². The van der Waals surface area contributed by atoms with Gasteiger partial charge in [0.05, 0.1) is 11.1 Å². The standard InChI is InChI=1S/C16H14ClFN4S/c17-10-1-4-14(18)15(6-10)23-22-11-2-3-12-9(5-11)7-19-16-13(12)8-20-21-16/h1,4,6-8,11,22H,2-3,5H2,(H,19,20,21). The third-order valence-electron chi connectivity index (χ3n) is 4.12. The fraction of sp³-hybridized carbons (Fsp3) is 0.250. The first-order valence-electron chi connectivity index (χ1n) is 7.38. The van der Waals surface area contributed by atoms with Crippen LogP contribution >= 0.6 is 23.5 Å². The number of nitrogens with one attached hydrogen (secondary N) is 2. The maximum absolute atomic E-state index is 13.8. The van der Waals surface area contributed by atoms with Crippen molar-refractivity contribution in [3.05, 3.63) is 52.6 Å². The number of hydrogen-bond donors (Lipinski definition) is 2. The summed E-state index contributed by atoms with van der Waals surface area (Å²) in [5.41, 5.74) is 3.39. The van der Waals surface area contributed by atoms with Gasteiger partial charge in [-0.05, 0) is 60.5 Å². The van der Waals surface area contributed by atoms with Crippen LogP contribution in [-0.2, 0) is 12.8 Å². The van der Waals surface area contributed by atoms with E-state index < -0.39 is 0 Å². The second-order valence-corrected chi connectivity index (χ2v) is 6.94. The van der Waals surface area contributed by atoms with E-state index in [1.807, 2.05) is 12.4 Å². The van der Waals surface area contributed by atoms with Crippen LogP contribution in [0.25, 0.3) is 11.0 Å². The molecule has 0 saturated carbocycles. The molecule has 2 aromatic heterocycles. The van der Waals surface area contributed by atoms with E-state index in [1.54, 1.807) is 12.1 Å². The zero-order valence-electron chi connectivity index (χ0n) is 12.1. The maximum atomic E-state index is 13.8. The van der Waals surface area contributed by atoms with Gasteiger partial charge in [-0.15, -0.1) is 0 Å². The van der Waals surface area contributed by atoms with Gasteiger partial charge in [0.1, 0.15) is 5.82 Å². The number of benzene rings is 1. The molecule has 0 saturated heterocycles. The number of aryl methyl sites for hydroxylation is 1. The largest absolute Gasteiger partial charge is 0.261 e. The van der Waals surface area contributed by atoms with Crippen LogP contribution in [0.1, 0.15) is 17.5 Å². The number of aromatic nitrogens is 3. The molecule has 0 aliphatic heterocycles. The summed E-state index contributed by atoms with van der Waals surface area (Å²) in [7, 11) is 0. The zero-order valence-corrected chi connectivity index (χ0v) is 13.7. The molecule has 4 rings (SSSR count). The van der Waals surface area contributed by atoms with E-state index in [1.165, 1.54) is 29.1 Å². The van der Waals surface area contributed by atoms with Crippen LogP contribution in [0, 0.1) is 5.82 Å². The quantitative estimate of drug-likeness (QED) is 0.705. The van der Waals surface area contributed by atoms with E-state index in [4.69, 9.17) is 11.6 Å². The third-order valence-corrected chi connectivity index (χ3v) is 5.34. The molecule has 4 nitrogen and oxygen atoms in total. The number of nitrogens with zero attached hydrogens (tertiary/aromatic N) is 2. The molecule has 0 fully saturated rings. The lowest BCUT2D eigenvalue weighted by atomic mass is 9.88. The number of pyridine rings is 1. The highest BCUT2D eigenvalue weighted by Crippen LogP contribution is 2.29. The fourth-order valence-corrected chi connectivity index (χ4v) is 4.04. The highest BCUT2D eigenvalue weighted by molar-refractivity contribution is 7.97. The molecule has 0 bridgehead atoms. The summed E-state index contributed by atoms with van der Waals surface area (Å²) in [6.07, 6.45) is 6.58. The van der Waals surface area contributed by atoms with Crippen LogP contribution in [0.15, 0.2) is 35.5 Å². The van der Waals surface area contributed by atoms with Crippen LogP contribution in [0.5, 0.6) is 0 Å². The van der Waals surface area contributed by atoms with Gasteiger partial charge in [-0.3, -0.25) is 9.82 Å². The summed E-state index contributed by atoms with van der Waals surface area (Å²) in [5.74, 6) is -0.259. The van der Waals surface area contributed by atoms with Crippen molar-refractivity contribution in [3.8, 4) is 0 Å². The van der Waals surface area contributed by atoms with Gasteiger partial charge in [0.15, 0.2) is 5.65 Å². The molecule has 0 amide bonds. The predicted octanol–water partition coefficient (Wildman–Crippen LogP) is 3.90. The lowest BCUT2D eigenvalue weighted by Gasteiger charge is -2.25. The molecule has 0 radical (unpaired) electrons. The monoisotopic (exact) mass is 348 g/mol. The molecule has 23 heavy (non-hydrogen) atoms. The van der Waals surface area contributed by atoms with Gasteiger partial charge in [-0.25, -0.2) is 9.37 Å². The Bertz CT molecular complexity index is 866. The second kappa shape index (κ2) is 6.11. The van der Waals surface area contributed by atoms with Gasteiger partial charge >= 0.3 is 0 Å². The van der Waals surface area contributed by atoms with E-state index >= 15 is 0 Å². The molecule has 1 aromatic carbocycles. The van der Waals surface area contributed by atoms with Crippen molar-refractivity contribution in [2.45, 2.75) is 30.2 Å². The van der Waals surface area contributed by atoms with Crippen molar-refractivity contribution in [1.29, 1.82) is 0 Å². The SMILES string of the molecule is Fc1ccc(Cl)cc1SNC1CCc2c(cnc3[nH]ncc23)C1. The molecule has 1 unspecified atom stereocenters. The van der Waals surface area contributed by atoms with Crippen LogP contribution in [0.2, 0.25) is 5.02 Å². The Morgan fingerprint density at radius 2 is 2.26 bits per heavy atom. The molecular formula is C16H14ClFN4S. The first kappa shape index (κ1) is 14.9. The van der Waals surface area contributed by atoms with Crippen molar-refractivity contribution >= 4 is 34.6 Å². The second-order valence-electron chi connectivity index (χ2n) is 5.63. The van der Waals surface area contributed by atoms with E-state index in [2.05, 4.69) is 19.9 Å². The van der Waals surface area contributed by atoms with Crippen molar-refractivity contribution in [2.75, 3.05) is 0 Å². The van der Waals surface area contributed by atoms with Gasteiger partial charge in [-0.1, -0.05) is 11.6 Å². The Labute approximate surface area is 142 Å². The van der Waals surface area contributed by atoms with E-state index in [0.717, 1.165) is 30.3 Å². The van der Waals surface area contributed by atoms with E-state index in [0.29, 0.717) is 9.92 Å². The lowest BCUT2D eigenvalue weighted by Crippen LogP contribution is -2.30. The average Bonchev–Trinajstić information content (AvgIpc) is 3.04. The smallest absolute Gasteiger partial charge is 0.155 e. The summed E-state index contributed by atoms with van der Waals surface area (Å²) >= 11 is 7.22. The lowest BCUT2D eigenvalue weighted by molar-refractivity contribution is 0.545. The molecule has 7 heteroatoms. The van der Waals surface area contributed by atoms with Gasteiger partial charge in [0.25, 0.3) is 0 Å². The Morgan fingerprint density at radius 3 is 3.17 bits per heavy atom. The molecule has 2 heterocycles. The summed E-state index contributed by atoms with van der Waals surface area (Å²) < 4.78 is 17.1. The van der Waals surface area contributed by atoms with Crippen molar-refractivity contribution in [2.24, 2.45) is 0 Å². The Hall–Kier alpha value is -1.63. The molecular weight excluding hydrogens is 335 g/mol. The zero-order chi connectivity index (χ0) is 15.8. The van der Waals surface area contributed by atoms with Gasteiger partial charge in [-0.2, -0.15) is 5.10 Å². The number of halogens is 2. The minimum atomic E-state index is -0.259. The molecule has 3 aromatic rings. The summed E-state index contributed by atoms with van der Waals surface area (Å²) in [6, 6.07) is 4.86. The van der Waals surface area contributed by atoms with E-state index in [9.17, 15) is 4.39 Å². The molecule has 118 valence electrons. The minimum Gasteiger partial charge on any atom is -0.261 e. The van der Waals surface area contributed by atoms with Gasteiger partial charge in [0, 0.05) is 22.6 Å².